The maximum Gasteiger partial charge on any atom is 0.424 e. The Labute approximate surface area is 106 Å². The van der Waals surface area contributed by atoms with Gasteiger partial charge in [0.15, 0.2) is 0 Å². The minimum Gasteiger partial charge on any atom is -0.410 e. The van der Waals surface area contributed by atoms with Crippen LogP contribution < -0.4 is 4.74 Å². The first-order valence-corrected chi connectivity index (χ1v) is 5.55. The Balaban J connectivity index is 2.21. The highest BCUT2D eigenvalue weighted by atomic mass is 79.9. The predicted molar refractivity (Wildman–Crippen MR) is 64.7 cm³/mol. The van der Waals surface area contributed by atoms with E-state index in [1.165, 1.54) is 10.8 Å². The third-order valence-corrected chi connectivity index (χ3v) is 2.66. The van der Waals surface area contributed by atoms with Crippen molar-refractivity contribution in [3.63, 3.8) is 0 Å². The van der Waals surface area contributed by atoms with Gasteiger partial charge in [0, 0.05) is 6.20 Å². The van der Waals surface area contributed by atoms with Gasteiger partial charge in [-0.3, -0.25) is 0 Å². The molecule has 0 amide bonds. The van der Waals surface area contributed by atoms with Gasteiger partial charge in [0.05, 0.1) is 10.2 Å². The number of benzene rings is 1. The van der Waals surface area contributed by atoms with Crippen molar-refractivity contribution in [2.24, 2.45) is 0 Å². The Hall–Kier alpha value is -2.06. The summed E-state index contributed by atoms with van der Waals surface area (Å²) < 4.78 is 6.83. The fourth-order valence-corrected chi connectivity index (χ4v) is 1.77. The highest BCUT2D eigenvalue weighted by molar-refractivity contribution is 9.10. The molecular formula is C12H7BrN2O2. The molecule has 4 nitrogen and oxygen atoms in total. The molecule has 0 bridgehead atoms. The van der Waals surface area contributed by atoms with Crippen molar-refractivity contribution in [1.29, 1.82) is 5.26 Å². The fraction of sp³-hybridized carbons (Fsp3) is 0. The van der Waals surface area contributed by atoms with E-state index in [4.69, 9.17) is 10.00 Å². The summed E-state index contributed by atoms with van der Waals surface area (Å²) in [7, 11) is 0. The summed E-state index contributed by atoms with van der Waals surface area (Å²) in [6, 6.07) is 12.2. The number of aromatic nitrogens is 1. The second-order valence-electron chi connectivity index (χ2n) is 3.21. The zero-order chi connectivity index (χ0) is 12.3. The molecule has 0 fully saturated rings. The first-order chi connectivity index (χ1) is 8.20. The lowest BCUT2D eigenvalue weighted by molar-refractivity contribution is 0.202. The van der Waals surface area contributed by atoms with Gasteiger partial charge in [-0.1, -0.05) is 18.2 Å². The van der Waals surface area contributed by atoms with Crippen molar-refractivity contribution >= 4 is 22.0 Å². The number of nitrogens with zero attached hydrogens (tertiary/aromatic N) is 2. The van der Waals surface area contributed by atoms with E-state index in [1.807, 2.05) is 12.1 Å². The van der Waals surface area contributed by atoms with E-state index < -0.39 is 6.09 Å². The van der Waals surface area contributed by atoms with Crippen LogP contribution in [0.5, 0.6) is 5.75 Å². The molecule has 0 N–H and O–H groups in total. The summed E-state index contributed by atoms with van der Waals surface area (Å²) in [6.45, 7) is 0. The van der Waals surface area contributed by atoms with E-state index in [9.17, 15) is 4.79 Å². The van der Waals surface area contributed by atoms with E-state index in [0.29, 0.717) is 15.9 Å². The van der Waals surface area contributed by atoms with Crippen molar-refractivity contribution in [2.45, 2.75) is 0 Å². The van der Waals surface area contributed by atoms with Crippen LogP contribution in [0.2, 0.25) is 0 Å². The zero-order valence-corrected chi connectivity index (χ0v) is 10.2. The van der Waals surface area contributed by atoms with Crippen LogP contribution in [0.15, 0.2) is 47.2 Å². The van der Waals surface area contributed by atoms with Gasteiger partial charge < -0.3 is 4.74 Å². The molecular weight excluding hydrogens is 284 g/mol. The van der Waals surface area contributed by atoms with Crippen molar-refractivity contribution in [2.75, 3.05) is 0 Å². The van der Waals surface area contributed by atoms with Crippen LogP contribution in [0.1, 0.15) is 5.56 Å². The van der Waals surface area contributed by atoms with Crippen molar-refractivity contribution in [3.8, 4) is 11.8 Å². The second kappa shape index (κ2) is 4.85. The minimum atomic E-state index is -0.565. The molecule has 1 aromatic carbocycles. The van der Waals surface area contributed by atoms with Gasteiger partial charge in [0.1, 0.15) is 11.8 Å². The molecule has 0 spiro atoms. The largest absolute Gasteiger partial charge is 0.424 e. The summed E-state index contributed by atoms with van der Waals surface area (Å²) in [6.07, 6.45) is 0.847. The van der Waals surface area contributed by atoms with Gasteiger partial charge >= 0.3 is 6.09 Å². The lowest BCUT2D eigenvalue weighted by Crippen LogP contribution is -2.15. The molecule has 0 radical (unpaired) electrons. The van der Waals surface area contributed by atoms with Crippen LogP contribution >= 0.6 is 15.9 Å². The topological polar surface area (TPSA) is 55.0 Å². The maximum absolute atomic E-state index is 11.8. The molecule has 0 aliphatic heterocycles. The number of ether oxygens (including phenoxy) is 1. The van der Waals surface area contributed by atoms with Gasteiger partial charge in [0.25, 0.3) is 0 Å². The molecule has 5 heteroatoms. The molecule has 0 aliphatic rings. The highest BCUT2D eigenvalue weighted by Crippen LogP contribution is 2.16. The summed E-state index contributed by atoms with van der Waals surface area (Å²) >= 11 is 3.18. The van der Waals surface area contributed by atoms with Gasteiger partial charge in [-0.25, -0.2) is 9.36 Å². The van der Waals surface area contributed by atoms with Gasteiger partial charge in [-0.05, 0) is 34.1 Å². The molecule has 84 valence electrons. The third-order valence-electron chi connectivity index (χ3n) is 2.05. The lowest BCUT2D eigenvalue weighted by Gasteiger charge is -2.04. The minimum absolute atomic E-state index is 0.391. The van der Waals surface area contributed by atoms with Gasteiger partial charge in [-0.2, -0.15) is 5.26 Å². The Morgan fingerprint density at radius 3 is 2.65 bits per heavy atom. The maximum atomic E-state index is 11.8. The van der Waals surface area contributed by atoms with E-state index >= 15 is 0 Å². The van der Waals surface area contributed by atoms with E-state index in [0.717, 1.165) is 0 Å². The van der Waals surface area contributed by atoms with Crippen LogP contribution in [0.25, 0.3) is 0 Å². The van der Waals surface area contributed by atoms with Crippen molar-refractivity contribution < 1.29 is 9.53 Å². The van der Waals surface area contributed by atoms with Crippen LogP contribution in [-0.4, -0.2) is 10.7 Å². The number of hydrogen-bond acceptors (Lipinski definition) is 3. The molecule has 17 heavy (non-hydrogen) atoms. The third kappa shape index (κ3) is 2.55. The Bertz CT molecular complexity index is 584. The lowest BCUT2D eigenvalue weighted by atomic mass is 10.3. The van der Waals surface area contributed by atoms with Gasteiger partial charge in [-0.15, -0.1) is 0 Å². The molecule has 0 atom stereocenters. The van der Waals surface area contributed by atoms with E-state index in [1.54, 1.807) is 30.3 Å². The summed E-state index contributed by atoms with van der Waals surface area (Å²) in [5, 5.41) is 8.71. The predicted octanol–water partition coefficient (Wildman–Crippen LogP) is 3.17. The highest BCUT2D eigenvalue weighted by Gasteiger charge is 2.12. The summed E-state index contributed by atoms with van der Waals surface area (Å²) in [4.78, 5) is 11.8. The SMILES string of the molecule is N#Cc1cc(Br)n(C(=O)Oc2ccccc2)c1. The molecule has 1 aromatic heterocycles. The molecule has 0 aliphatic carbocycles. The van der Waals surface area contributed by atoms with E-state index in [-0.39, 0.29) is 0 Å². The molecule has 1 heterocycles. The average Bonchev–Trinajstić information content (AvgIpc) is 2.72. The summed E-state index contributed by atoms with van der Waals surface area (Å²) in [5.41, 5.74) is 0.391. The second-order valence-corrected chi connectivity index (χ2v) is 4.03. The molecule has 0 saturated heterocycles. The first-order valence-electron chi connectivity index (χ1n) is 4.76. The van der Waals surface area contributed by atoms with Crippen LogP contribution in [0, 0.1) is 11.3 Å². The number of rotatable bonds is 1. The molecule has 2 rings (SSSR count). The fourth-order valence-electron chi connectivity index (χ4n) is 1.28. The first kappa shape index (κ1) is 11.4. The average molecular weight is 291 g/mol. The van der Waals surface area contributed by atoms with Gasteiger partial charge in [0.2, 0.25) is 0 Å². The van der Waals surface area contributed by atoms with Crippen molar-refractivity contribution in [1.82, 2.24) is 4.57 Å². The standard InChI is InChI=1S/C12H7BrN2O2/c13-11-6-9(7-14)8-15(11)12(16)17-10-4-2-1-3-5-10/h1-6,8H. The quantitative estimate of drug-likeness (QED) is 0.811. The molecule has 0 saturated carbocycles. The van der Waals surface area contributed by atoms with Crippen LogP contribution in [-0.2, 0) is 0 Å². The van der Waals surface area contributed by atoms with Crippen LogP contribution in [0.3, 0.4) is 0 Å². The smallest absolute Gasteiger partial charge is 0.410 e. The Morgan fingerprint density at radius 1 is 1.35 bits per heavy atom. The number of para-hydroxylation sites is 1. The zero-order valence-electron chi connectivity index (χ0n) is 8.63. The molecule has 0 unspecified atom stereocenters. The summed E-state index contributed by atoms with van der Waals surface area (Å²) in [5.74, 6) is 0.455. The number of carbonyl (C=O) groups is 1. The van der Waals surface area contributed by atoms with Crippen molar-refractivity contribution in [3.05, 3.63) is 52.8 Å². The van der Waals surface area contributed by atoms with E-state index in [2.05, 4.69) is 15.9 Å². The normalized spacial score (nSPS) is 9.65. The monoisotopic (exact) mass is 290 g/mol. The number of carbonyl (C=O) groups excluding carboxylic acids is 1. The molecule has 2 aromatic rings. The number of hydrogen-bond donors (Lipinski definition) is 0. The Morgan fingerprint density at radius 2 is 2.06 bits per heavy atom. The Kier molecular flexibility index (Phi) is 3.26. The number of halogens is 1. The number of nitriles is 1. The van der Waals surface area contributed by atoms with Crippen LogP contribution in [0.4, 0.5) is 4.79 Å².